The molecule has 1 amide bonds. The van der Waals surface area contributed by atoms with Crippen molar-refractivity contribution in [2.45, 2.75) is 0 Å². The average molecular weight is 452 g/mol. The number of amides is 1. The molecule has 0 saturated carbocycles. The molecule has 0 aliphatic carbocycles. The van der Waals surface area contributed by atoms with Crippen LogP contribution in [0.25, 0.3) is 17.4 Å². The molecule has 0 unspecified atom stereocenters. The zero-order chi connectivity index (χ0) is 20.3. The molecule has 140 valence electrons. The fourth-order valence-electron chi connectivity index (χ4n) is 2.34. The number of nitriles is 1. The highest BCUT2D eigenvalue weighted by Gasteiger charge is 2.14. The summed E-state index contributed by atoms with van der Waals surface area (Å²) >= 11 is 24.1. The number of carbonyl (C=O) groups is 1. The van der Waals surface area contributed by atoms with E-state index in [2.05, 4.69) is 5.32 Å². The number of benzene rings is 2. The summed E-state index contributed by atoms with van der Waals surface area (Å²) < 4.78 is 5.68. The average Bonchev–Trinajstić information content (AvgIpc) is 3.13. The Labute approximate surface area is 180 Å². The Morgan fingerprint density at radius 1 is 1.04 bits per heavy atom. The molecule has 8 heteroatoms. The fourth-order valence-corrected chi connectivity index (χ4v) is 3.07. The molecule has 0 aliphatic rings. The Balaban J connectivity index is 1.86. The molecule has 3 aromatic rings. The highest BCUT2D eigenvalue weighted by molar-refractivity contribution is 6.44. The summed E-state index contributed by atoms with van der Waals surface area (Å²) in [5.41, 5.74) is 0.725. The van der Waals surface area contributed by atoms with E-state index in [0.717, 1.165) is 0 Å². The van der Waals surface area contributed by atoms with Crippen molar-refractivity contribution in [1.82, 2.24) is 0 Å². The maximum absolute atomic E-state index is 12.4. The second-order valence-electron chi connectivity index (χ2n) is 5.55. The van der Waals surface area contributed by atoms with Crippen LogP contribution in [0, 0.1) is 11.3 Å². The second kappa shape index (κ2) is 8.72. The summed E-state index contributed by atoms with van der Waals surface area (Å²) in [5, 5.41) is 13.3. The van der Waals surface area contributed by atoms with Crippen LogP contribution < -0.4 is 5.32 Å². The Morgan fingerprint density at radius 2 is 1.82 bits per heavy atom. The van der Waals surface area contributed by atoms with Gasteiger partial charge in [-0.3, -0.25) is 4.79 Å². The van der Waals surface area contributed by atoms with E-state index in [1.54, 1.807) is 48.5 Å². The third-order valence-corrected chi connectivity index (χ3v) is 5.06. The Morgan fingerprint density at radius 3 is 2.57 bits per heavy atom. The highest BCUT2D eigenvalue weighted by Crippen LogP contribution is 2.33. The molecule has 0 saturated heterocycles. The van der Waals surface area contributed by atoms with Crippen molar-refractivity contribution in [2.24, 2.45) is 0 Å². The van der Waals surface area contributed by atoms with Crippen LogP contribution in [0.4, 0.5) is 5.69 Å². The van der Waals surface area contributed by atoms with E-state index >= 15 is 0 Å². The molecular weight excluding hydrogens is 442 g/mol. The molecule has 0 aliphatic heterocycles. The topological polar surface area (TPSA) is 66.0 Å². The van der Waals surface area contributed by atoms with E-state index in [1.165, 1.54) is 6.08 Å². The van der Waals surface area contributed by atoms with E-state index in [0.29, 0.717) is 32.8 Å². The Kier molecular flexibility index (Phi) is 6.33. The van der Waals surface area contributed by atoms with Gasteiger partial charge >= 0.3 is 0 Å². The zero-order valence-electron chi connectivity index (χ0n) is 14.0. The number of halogens is 4. The van der Waals surface area contributed by atoms with E-state index in [1.807, 2.05) is 6.07 Å². The van der Waals surface area contributed by atoms with Gasteiger partial charge in [0, 0.05) is 16.7 Å². The molecule has 0 spiro atoms. The monoisotopic (exact) mass is 450 g/mol. The van der Waals surface area contributed by atoms with E-state index < -0.39 is 5.91 Å². The van der Waals surface area contributed by atoms with Crippen LogP contribution in [-0.2, 0) is 4.79 Å². The molecule has 1 aromatic heterocycles. The zero-order valence-corrected chi connectivity index (χ0v) is 17.0. The lowest BCUT2D eigenvalue weighted by Gasteiger charge is -2.07. The van der Waals surface area contributed by atoms with Crippen LogP contribution >= 0.6 is 46.4 Å². The number of nitrogens with zero attached hydrogens (tertiary/aromatic N) is 1. The first kappa shape index (κ1) is 20.3. The SMILES string of the molecule is N#C/C(=C\c1ccc(-c2cc(Cl)ccc2Cl)o1)C(=O)Nc1cccc(Cl)c1Cl. The molecule has 0 atom stereocenters. The van der Waals surface area contributed by atoms with Crippen LogP contribution in [0.15, 0.2) is 58.5 Å². The summed E-state index contributed by atoms with van der Waals surface area (Å²) in [7, 11) is 0. The van der Waals surface area contributed by atoms with Crippen LogP contribution in [0.5, 0.6) is 0 Å². The lowest BCUT2D eigenvalue weighted by molar-refractivity contribution is -0.112. The van der Waals surface area contributed by atoms with Gasteiger partial charge in [0.2, 0.25) is 0 Å². The van der Waals surface area contributed by atoms with E-state index in [4.69, 9.17) is 50.8 Å². The molecule has 1 heterocycles. The van der Waals surface area contributed by atoms with Gasteiger partial charge in [-0.25, -0.2) is 0 Å². The first-order chi connectivity index (χ1) is 13.4. The molecule has 3 rings (SSSR count). The number of anilines is 1. The van der Waals surface area contributed by atoms with Crippen molar-refractivity contribution < 1.29 is 9.21 Å². The lowest BCUT2D eigenvalue weighted by atomic mass is 10.2. The normalized spacial score (nSPS) is 11.2. The van der Waals surface area contributed by atoms with Gasteiger partial charge in [-0.1, -0.05) is 52.5 Å². The molecule has 0 bridgehead atoms. The number of carbonyl (C=O) groups excluding carboxylic acids is 1. The number of hydrogen-bond donors (Lipinski definition) is 1. The van der Waals surface area contributed by atoms with Crippen molar-refractivity contribution in [2.75, 3.05) is 5.32 Å². The maximum atomic E-state index is 12.4. The quantitative estimate of drug-likeness (QED) is 0.339. The third kappa shape index (κ3) is 4.52. The minimum Gasteiger partial charge on any atom is -0.457 e. The van der Waals surface area contributed by atoms with Crippen LogP contribution in [0.2, 0.25) is 20.1 Å². The van der Waals surface area contributed by atoms with Gasteiger partial charge in [0.1, 0.15) is 23.2 Å². The van der Waals surface area contributed by atoms with E-state index in [9.17, 15) is 10.1 Å². The van der Waals surface area contributed by atoms with Gasteiger partial charge < -0.3 is 9.73 Å². The number of nitrogens with one attached hydrogen (secondary N) is 1. The molecule has 0 radical (unpaired) electrons. The maximum Gasteiger partial charge on any atom is 0.266 e. The standard InChI is InChI=1S/C20H10Cl4N2O2/c21-12-4-6-15(22)14(9-12)18-7-5-13(28-18)8-11(10-25)20(27)26-17-3-1-2-16(23)19(17)24/h1-9H,(H,26,27)/b11-8+. The highest BCUT2D eigenvalue weighted by atomic mass is 35.5. The summed E-state index contributed by atoms with van der Waals surface area (Å²) in [6.07, 6.45) is 1.32. The first-order valence-corrected chi connectivity index (χ1v) is 9.32. The minimum atomic E-state index is -0.648. The lowest BCUT2D eigenvalue weighted by Crippen LogP contribution is -2.13. The van der Waals surface area contributed by atoms with Gasteiger partial charge in [0.15, 0.2) is 0 Å². The Bertz CT molecular complexity index is 1130. The number of rotatable bonds is 4. The van der Waals surface area contributed by atoms with Crippen molar-refractivity contribution in [3.63, 3.8) is 0 Å². The molecular formula is C20H10Cl4N2O2. The third-order valence-electron chi connectivity index (χ3n) is 3.67. The van der Waals surface area contributed by atoms with Crippen molar-refractivity contribution >= 4 is 64.1 Å². The van der Waals surface area contributed by atoms with Gasteiger partial charge in [-0.05, 0) is 42.5 Å². The minimum absolute atomic E-state index is 0.172. The summed E-state index contributed by atoms with van der Waals surface area (Å²) in [6.45, 7) is 0. The second-order valence-corrected chi connectivity index (χ2v) is 7.18. The van der Waals surface area contributed by atoms with Crippen LogP contribution in [0.3, 0.4) is 0 Å². The fraction of sp³-hybridized carbons (Fsp3) is 0. The smallest absolute Gasteiger partial charge is 0.266 e. The largest absolute Gasteiger partial charge is 0.457 e. The summed E-state index contributed by atoms with van der Waals surface area (Å²) in [6, 6.07) is 14.9. The van der Waals surface area contributed by atoms with E-state index in [-0.39, 0.29) is 15.6 Å². The molecule has 28 heavy (non-hydrogen) atoms. The molecule has 1 N–H and O–H groups in total. The summed E-state index contributed by atoms with van der Waals surface area (Å²) in [4.78, 5) is 12.4. The van der Waals surface area contributed by atoms with Crippen molar-refractivity contribution in [3.05, 3.63) is 80.0 Å². The van der Waals surface area contributed by atoms with Gasteiger partial charge in [-0.2, -0.15) is 5.26 Å². The van der Waals surface area contributed by atoms with Gasteiger partial charge in [0.05, 0.1) is 20.8 Å². The van der Waals surface area contributed by atoms with Crippen molar-refractivity contribution in [1.29, 1.82) is 5.26 Å². The molecule has 2 aromatic carbocycles. The predicted octanol–water partition coefficient (Wildman–Crippen LogP) is 7.11. The number of furan rings is 1. The first-order valence-electron chi connectivity index (χ1n) is 7.81. The van der Waals surface area contributed by atoms with Crippen molar-refractivity contribution in [3.8, 4) is 17.4 Å². The van der Waals surface area contributed by atoms with Gasteiger partial charge in [-0.15, -0.1) is 0 Å². The molecule has 4 nitrogen and oxygen atoms in total. The summed E-state index contributed by atoms with van der Waals surface area (Å²) in [5.74, 6) is 0.106. The molecule has 0 fully saturated rings. The predicted molar refractivity (Wildman–Crippen MR) is 113 cm³/mol. The van der Waals surface area contributed by atoms with Crippen LogP contribution in [0.1, 0.15) is 5.76 Å². The number of hydrogen-bond acceptors (Lipinski definition) is 3. The van der Waals surface area contributed by atoms with Gasteiger partial charge in [0.25, 0.3) is 5.91 Å². The Hall–Kier alpha value is -2.42. The van der Waals surface area contributed by atoms with Crippen LogP contribution in [-0.4, -0.2) is 5.91 Å².